The molecule has 3 aromatic heterocycles. The summed E-state index contributed by atoms with van der Waals surface area (Å²) in [5.41, 5.74) is 4.21. The third-order valence-corrected chi connectivity index (χ3v) is 16.4. The van der Waals surface area contributed by atoms with Crippen molar-refractivity contribution in [3.8, 4) is 22.9 Å². The van der Waals surface area contributed by atoms with Gasteiger partial charge in [-0.2, -0.15) is 10.4 Å². The van der Waals surface area contributed by atoms with Crippen molar-refractivity contribution in [3.63, 3.8) is 0 Å². The summed E-state index contributed by atoms with van der Waals surface area (Å²) in [6.07, 6.45) is 10.2. The van der Waals surface area contributed by atoms with E-state index < -0.39 is 35.0 Å². The molecule has 2 aromatic carbocycles. The molecule has 1 unspecified atom stereocenters. The molecule has 0 bridgehead atoms. The summed E-state index contributed by atoms with van der Waals surface area (Å²) in [5, 5.41) is 19.7. The van der Waals surface area contributed by atoms with Crippen LogP contribution >= 0.6 is 0 Å². The summed E-state index contributed by atoms with van der Waals surface area (Å²) in [7, 11) is 0. The highest BCUT2D eigenvalue weighted by atomic mass is 19.1. The number of ether oxygens (including phenoxy) is 1. The molecule has 4 saturated heterocycles. The normalized spacial score (nSPS) is 22.5. The number of nitriles is 1. The maximum absolute atomic E-state index is 15.0. The third kappa shape index (κ3) is 9.56. The van der Waals surface area contributed by atoms with Crippen LogP contribution in [0.2, 0.25) is 0 Å². The van der Waals surface area contributed by atoms with Gasteiger partial charge in [-0.15, -0.1) is 0 Å². The first-order valence-corrected chi connectivity index (χ1v) is 25.9. The average Bonchev–Trinajstić information content (AvgIpc) is 3.97. The van der Waals surface area contributed by atoms with E-state index in [2.05, 4.69) is 42.6 Å². The minimum atomic E-state index is -0.797. The molecule has 5 fully saturated rings. The molecule has 1 atom stereocenters. The van der Waals surface area contributed by atoms with E-state index in [9.17, 15) is 38.0 Å². The molecule has 0 spiro atoms. The molecular weight excluding hydrogens is 949 g/mol. The molecule has 11 rings (SSSR count). The van der Waals surface area contributed by atoms with E-state index in [0.717, 1.165) is 85.0 Å². The number of nitrogens with one attached hydrogen (secondary N) is 2. The summed E-state index contributed by atoms with van der Waals surface area (Å²) in [5.74, 6) is -1.21. The van der Waals surface area contributed by atoms with Crippen molar-refractivity contribution in [2.75, 3.05) is 70.4 Å². The highest BCUT2D eigenvalue weighted by Gasteiger charge is 2.44. The van der Waals surface area contributed by atoms with Crippen molar-refractivity contribution in [2.45, 2.75) is 88.4 Å². The van der Waals surface area contributed by atoms with Gasteiger partial charge < -0.3 is 29.7 Å². The predicted octanol–water partition coefficient (Wildman–Crippen LogP) is 5.28. The van der Waals surface area contributed by atoms with Gasteiger partial charge in [0.05, 0.1) is 41.2 Å². The van der Waals surface area contributed by atoms with Crippen molar-refractivity contribution >= 4 is 40.9 Å². The molecular formula is C55H59F2N11O6. The molecule has 17 nitrogen and oxygen atoms in total. The van der Waals surface area contributed by atoms with Gasteiger partial charge in [0.25, 0.3) is 11.8 Å². The molecule has 5 aromatic rings. The van der Waals surface area contributed by atoms with E-state index in [1.807, 2.05) is 42.2 Å². The quantitative estimate of drug-likeness (QED) is 0.154. The van der Waals surface area contributed by atoms with Crippen LogP contribution in [0.25, 0.3) is 16.6 Å². The molecule has 1 aliphatic carbocycles. The second-order valence-corrected chi connectivity index (χ2v) is 20.8. The van der Waals surface area contributed by atoms with Crippen LogP contribution in [0.1, 0.15) is 102 Å². The van der Waals surface area contributed by atoms with Crippen LogP contribution in [-0.4, -0.2) is 147 Å². The summed E-state index contributed by atoms with van der Waals surface area (Å²) >= 11 is 0. The zero-order valence-corrected chi connectivity index (χ0v) is 41.4. The summed E-state index contributed by atoms with van der Waals surface area (Å²) in [6, 6.07) is 16.7. The number of fused-ring (bicyclic) bond motifs is 2. The fraction of sp³-hybridized carbons (Fsp3) is 0.455. The van der Waals surface area contributed by atoms with Crippen LogP contribution in [-0.2, 0) is 20.9 Å². The average molecular weight is 1010 g/mol. The van der Waals surface area contributed by atoms with Crippen molar-refractivity contribution < 1.29 is 37.5 Å². The lowest BCUT2D eigenvalue weighted by Gasteiger charge is -2.48. The number of benzene rings is 2. The fourth-order valence-corrected chi connectivity index (χ4v) is 12.2. The number of rotatable bonds is 12. The first kappa shape index (κ1) is 48.9. The molecule has 5 amide bonds. The Morgan fingerprint density at radius 1 is 0.905 bits per heavy atom. The number of piperidine rings is 3. The molecule has 384 valence electrons. The Hall–Kier alpha value is -7.30. The number of imide groups is 1. The number of carbonyl (C=O) groups excluding carboxylic acids is 5. The lowest BCUT2D eigenvalue weighted by Crippen LogP contribution is -2.63. The van der Waals surface area contributed by atoms with E-state index in [0.29, 0.717) is 113 Å². The maximum atomic E-state index is 15.0. The molecule has 74 heavy (non-hydrogen) atoms. The van der Waals surface area contributed by atoms with E-state index in [1.165, 1.54) is 6.20 Å². The second kappa shape index (κ2) is 20.2. The number of pyridine rings is 2. The van der Waals surface area contributed by atoms with E-state index in [-0.39, 0.29) is 35.6 Å². The van der Waals surface area contributed by atoms with Crippen molar-refractivity contribution in [3.05, 3.63) is 113 Å². The Kier molecular flexibility index (Phi) is 13.4. The Labute approximate surface area is 427 Å². The summed E-state index contributed by atoms with van der Waals surface area (Å²) < 4.78 is 36.7. The number of amides is 5. The largest absolute Gasteiger partial charge is 0.492 e. The highest BCUT2D eigenvalue weighted by Crippen LogP contribution is 2.40. The van der Waals surface area contributed by atoms with Gasteiger partial charge in [-0.25, -0.2) is 18.3 Å². The van der Waals surface area contributed by atoms with Gasteiger partial charge in [-0.3, -0.25) is 34.2 Å². The van der Waals surface area contributed by atoms with Crippen LogP contribution in [0.4, 0.5) is 14.6 Å². The smallest absolute Gasteiger partial charge is 0.255 e. The zero-order valence-electron chi connectivity index (χ0n) is 41.4. The van der Waals surface area contributed by atoms with E-state index >= 15 is 0 Å². The van der Waals surface area contributed by atoms with Crippen LogP contribution < -0.4 is 20.3 Å². The molecule has 1 saturated carbocycles. The number of halogens is 2. The van der Waals surface area contributed by atoms with Crippen molar-refractivity contribution in [2.24, 2.45) is 5.92 Å². The van der Waals surface area contributed by atoms with E-state index in [4.69, 9.17) is 9.72 Å². The van der Waals surface area contributed by atoms with Crippen molar-refractivity contribution in [1.29, 1.82) is 5.26 Å². The van der Waals surface area contributed by atoms with Gasteiger partial charge >= 0.3 is 0 Å². The van der Waals surface area contributed by atoms with Crippen LogP contribution in [0.3, 0.4) is 0 Å². The standard InChI is InChI=1S/C55H59F2N11O6/c1-2-74-42-27-43(50-39(28-58)30-60-68(50)32-42)36-5-9-48(59-29-36)65-17-13-55(14-18-65,62-51(70)45-26-40(56)6-7-46(45)57)33-63-19-21-66(22-20-63)53(72)38-23-41(24-38)64-15-11-34(12-16-64)35-3-4-37-31-67(54(73)44(37)25-35)47-8-10-49(69)61-52(47)71/h3-7,9,25-27,29-30,32,34,38,41,47H,2,8,10-24,31,33H2,1H3,(H,62,70)(H,61,69,71). The maximum Gasteiger partial charge on any atom is 0.255 e. The number of aromatic nitrogens is 3. The lowest BCUT2D eigenvalue weighted by molar-refractivity contribution is -0.143. The first-order valence-electron chi connectivity index (χ1n) is 25.9. The molecule has 5 aliphatic heterocycles. The second-order valence-electron chi connectivity index (χ2n) is 20.8. The van der Waals surface area contributed by atoms with Crippen LogP contribution in [0.5, 0.6) is 5.75 Å². The van der Waals surface area contributed by atoms with Gasteiger partial charge in [0.15, 0.2) is 0 Å². The SMILES string of the molecule is CCOc1cc(-c2ccc(N3CCC(CN4CCN(C(=O)C5CC(N6CCC(c7ccc8c(c7)C(=O)N(C7CCC(=O)NC7=O)C8)CC6)C5)CC4)(NC(=O)c4cc(F)ccc4F)CC3)nc2)c2c(C#N)cnn2c1. The van der Waals surface area contributed by atoms with Gasteiger partial charge in [-0.1, -0.05) is 12.1 Å². The van der Waals surface area contributed by atoms with Gasteiger partial charge in [-0.05, 0) is 124 Å². The van der Waals surface area contributed by atoms with Crippen LogP contribution in [0.15, 0.2) is 73.2 Å². The Morgan fingerprint density at radius 2 is 1.69 bits per heavy atom. The molecule has 19 heteroatoms. The highest BCUT2D eigenvalue weighted by molar-refractivity contribution is 6.05. The molecule has 8 heterocycles. The topological polar surface area (TPSA) is 189 Å². The number of likely N-dealkylation sites (tertiary alicyclic amines) is 1. The first-order chi connectivity index (χ1) is 35.8. The zero-order chi connectivity index (χ0) is 51.3. The number of carbonyl (C=O) groups is 5. The van der Waals surface area contributed by atoms with Crippen LogP contribution in [0, 0.1) is 28.9 Å². The molecule has 2 N–H and O–H groups in total. The van der Waals surface area contributed by atoms with Gasteiger partial charge in [0.2, 0.25) is 17.7 Å². The third-order valence-electron chi connectivity index (χ3n) is 16.4. The molecule has 0 radical (unpaired) electrons. The van der Waals surface area contributed by atoms with Crippen molar-refractivity contribution in [1.82, 2.24) is 44.8 Å². The Balaban J connectivity index is 0.682. The molecule has 6 aliphatic rings. The minimum Gasteiger partial charge on any atom is -0.492 e. The number of hydrogen-bond acceptors (Lipinski definition) is 12. The summed E-state index contributed by atoms with van der Waals surface area (Å²) in [6.45, 7) is 8.43. The number of hydrogen-bond donors (Lipinski definition) is 2. The number of anilines is 1. The van der Waals surface area contributed by atoms with E-state index in [1.54, 1.807) is 21.8 Å². The Bertz CT molecular complexity index is 3060. The summed E-state index contributed by atoms with van der Waals surface area (Å²) in [4.78, 5) is 80.7. The monoisotopic (exact) mass is 1010 g/mol. The van der Waals surface area contributed by atoms with Gasteiger partial charge in [0, 0.05) is 93.6 Å². The lowest BCUT2D eigenvalue weighted by atomic mass is 9.76. The number of piperazine rings is 1. The minimum absolute atomic E-state index is 0.0274. The predicted molar refractivity (Wildman–Crippen MR) is 268 cm³/mol. The Morgan fingerprint density at radius 3 is 2.41 bits per heavy atom. The van der Waals surface area contributed by atoms with Gasteiger partial charge in [0.1, 0.15) is 35.3 Å². The fourth-order valence-electron chi connectivity index (χ4n) is 12.2. The number of nitrogens with zero attached hydrogens (tertiary/aromatic N) is 9.